The van der Waals surface area contributed by atoms with Crippen LogP contribution >= 0.6 is 0 Å². The molecule has 2 aromatic rings. The van der Waals surface area contributed by atoms with E-state index in [-0.39, 0.29) is 17.1 Å². The summed E-state index contributed by atoms with van der Waals surface area (Å²) >= 11 is 0. The van der Waals surface area contributed by atoms with E-state index < -0.39 is 0 Å². The van der Waals surface area contributed by atoms with Crippen molar-refractivity contribution in [3.63, 3.8) is 0 Å². The van der Waals surface area contributed by atoms with Crippen LogP contribution in [0.1, 0.15) is 77.9 Å². The van der Waals surface area contributed by atoms with Crippen LogP contribution in [0.5, 0.6) is 0 Å². The monoisotopic (exact) mass is 453 g/mol. The number of fused-ring (bicyclic) bond motifs is 1. The maximum atomic E-state index is 12.9. The smallest absolute Gasteiger partial charge is 0.251 e. The minimum atomic E-state index is -0.124. The van der Waals surface area contributed by atoms with Gasteiger partial charge in [0.2, 0.25) is 0 Å². The van der Waals surface area contributed by atoms with Gasteiger partial charge in [-0.05, 0) is 64.8 Å². The summed E-state index contributed by atoms with van der Waals surface area (Å²) in [6, 6.07) is 13.3. The van der Waals surface area contributed by atoms with Gasteiger partial charge in [-0.2, -0.15) is 0 Å². The average Bonchev–Trinajstić information content (AvgIpc) is 2.88. The maximum absolute atomic E-state index is 12.9. The van der Waals surface area contributed by atoms with Crippen molar-refractivity contribution in [3.05, 3.63) is 107 Å². The number of allylic oxidation sites excluding steroid dienone is 7. The average molecular weight is 454 g/mol. The second kappa shape index (κ2) is 11.1. The van der Waals surface area contributed by atoms with E-state index in [0.717, 1.165) is 18.4 Å². The van der Waals surface area contributed by atoms with Crippen LogP contribution in [0.25, 0.3) is 11.6 Å². The Labute approximate surface area is 204 Å². The molecule has 0 aromatic heterocycles. The highest BCUT2D eigenvalue weighted by Gasteiger charge is 2.30. The SMILES string of the molecule is CC.CNC(=O)c1ccc(/C=C/C(=O)c2ccc3c(c2)C(C)(C)CC=C3C2C=CC=CC2)cc1. The number of rotatable bonds is 5. The molecule has 0 heterocycles. The molecule has 0 saturated heterocycles. The molecule has 2 aliphatic rings. The van der Waals surface area contributed by atoms with E-state index >= 15 is 0 Å². The van der Waals surface area contributed by atoms with Gasteiger partial charge in [-0.1, -0.05) is 88.4 Å². The van der Waals surface area contributed by atoms with E-state index in [1.165, 1.54) is 16.7 Å². The molecule has 0 saturated carbocycles. The Morgan fingerprint density at radius 2 is 1.71 bits per heavy atom. The molecular weight excluding hydrogens is 418 g/mol. The topological polar surface area (TPSA) is 46.2 Å². The first-order valence-corrected chi connectivity index (χ1v) is 12.1. The van der Waals surface area contributed by atoms with E-state index in [2.05, 4.69) is 61.7 Å². The normalized spacial score (nSPS) is 17.9. The number of amides is 1. The van der Waals surface area contributed by atoms with Gasteiger partial charge >= 0.3 is 0 Å². The third-order valence-electron chi connectivity index (χ3n) is 6.38. The van der Waals surface area contributed by atoms with Crippen LogP contribution < -0.4 is 5.32 Å². The molecule has 1 amide bonds. The van der Waals surface area contributed by atoms with E-state index in [4.69, 9.17) is 0 Å². The molecule has 0 spiro atoms. The van der Waals surface area contributed by atoms with Gasteiger partial charge in [0.1, 0.15) is 0 Å². The van der Waals surface area contributed by atoms with Gasteiger partial charge in [-0.3, -0.25) is 9.59 Å². The lowest BCUT2D eigenvalue weighted by Gasteiger charge is -2.34. The van der Waals surface area contributed by atoms with Crippen molar-refractivity contribution in [2.24, 2.45) is 5.92 Å². The lowest BCUT2D eigenvalue weighted by Crippen LogP contribution is -2.24. The summed E-state index contributed by atoms with van der Waals surface area (Å²) in [5.74, 6) is 0.256. The molecule has 176 valence electrons. The molecule has 0 fully saturated rings. The fourth-order valence-corrected chi connectivity index (χ4v) is 4.41. The number of carbonyl (C=O) groups excluding carboxylic acids is 2. The zero-order chi connectivity index (χ0) is 24.7. The first-order valence-electron chi connectivity index (χ1n) is 12.1. The summed E-state index contributed by atoms with van der Waals surface area (Å²) in [6.07, 6.45) is 16.5. The first kappa shape index (κ1) is 25.2. The number of ketones is 1. The Morgan fingerprint density at radius 1 is 1.00 bits per heavy atom. The van der Waals surface area contributed by atoms with Gasteiger partial charge in [-0.15, -0.1) is 0 Å². The number of nitrogens with one attached hydrogen (secondary N) is 1. The van der Waals surface area contributed by atoms with Crippen LogP contribution in [0.3, 0.4) is 0 Å². The van der Waals surface area contributed by atoms with Crippen LogP contribution in [0.4, 0.5) is 0 Å². The summed E-state index contributed by atoms with van der Waals surface area (Å²) in [7, 11) is 1.61. The predicted octanol–water partition coefficient (Wildman–Crippen LogP) is 7.17. The Bertz CT molecular complexity index is 1160. The fraction of sp³-hybridized carbons (Fsp3) is 0.290. The zero-order valence-electron chi connectivity index (χ0n) is 20.9. The second-order valence-corrected chi connectivity index (χ2v) is 9.06. The predicted molar refractivity (Wildman–Crippen MR) is 143 cm³/mol. The fourth-order valence-electron chi connectivity index (χ4n) is 4.41. The van der Waals surface area contributed by atoms with E-state index in [0.29, 0.717) is 17.0 Å². The molecule has 1 unspecified atom stereocenters. The van der Waals surface area contributed by atoms with Gasteiger partial charge < -0.3 is 5.32 Å². The van der Waals surface area contributed by atoms with Crippen LogP contribution in [-0.2, 0) is 5.41 Å². The molecule has 34 heavy (non-hydrogen) atoms. The molecule has 2 aliphatic carbocycles. The van der Waals surface area contributed by atoms with Crippen molar-refractivity contribution in [2.75, 3.05) is 7.05 Å². The van der Waals surface area contributed by atoms with Gasteiger partial charge in [0.15, 0.2) is 5.78 Å². The molecule has 1 N–H and O–H groups in total. The van der Waals surface area contributed by atoms with Gasteiger partial charge in [0.05, 0.1) is 0 Å². The highest BCUT2D eigenvalue weighted by Crippen LogP contribution is 2.43. The number of benzene rings is 2. The molecule has 3 heteroatoms. The van der Waals surface area contributed by atoms with Crippen LogP contribution in [-0.4, -0.2) is 18.7 Å². The standard InChI is InChI=1S/C29H29NO2.C2H6/c1-29(2)18-17-24(21-7-5-4-6-8-21)25-15-14-23(19-26(25)29)27(31)16-11-20-9-12-22(13-10-20)28(32)30-3;1-2/h4-7,9-17,19,21H,8,18H2,1-3H3,(H,30,32);1-2H3/b16-11+;. The number of carbonyl (C=O) groups is 2. The van der Waals surface area contributed by atoms with Crippen molar-refractivity contribution in [2.45, 2.75) is 46.0 Å². The molecule has 4 rings (SSSR count). The van der Waals surface area contributed by atoms with Crippen molar-refractivity contribution in [1.29, 1.82) is 0 Å². The Kier molecular flexibility index (Phi) is 8.22. The second-order valence-electron chi connectivity index (χ2n) is 9.06. The molecule has 0 bridgehead atoms. The quantitative estimate of drug-likeness (QED) is 0.385. The third-order valence-corrected chi connectivity index (χ3v) is 6.38. The highest BCUT2D eigenvalue weighted by atomic mass is 16.1. The minimum Gasteiger partial charge on any atom is -0.355 e. The molecule has 2 aromatic carbocycles. The zero-order valence-corrected chi connectivity index (χ0v) is 20.9. The molecule has 0 aliphatic heterocycles. The third kappa shape index (κ3) is 5.53. The molecule has 0 radical (unpaired) electrons. The van der Waals surface area contributed by atoms with Crippen LogP contribution in [0.15, 0.2) is 78.9 Å². The summed E-state index contributed by atoms with van der Waals surface area (Å²) in [4.78, 5) is 24.6. The lowest BCUT2D eigenvalue weighted by atomic mass is 9.70. The van der Waals surface area contributed by atoms with E-state index in [1.54, 1.807) is 31.3 Å². The van der Waals surface area contributed by atoms with Crippen molar-refractivity contribution in [3.8, 4) is 0 Å². The number of hydrogen-bond acceptors (Lipinski definition) is 2. The van der Waals surface area contributed by atoms with Crippen LogP contribution in [0.2, 0.25) is 0 Å². The summed E-state index contributed by atoms with van der Waals surface area (Å²) < 4.78 is 0. The molecule has 3 nitrogen and oxygen atoms in total. The summed E-state index contributed by atoms with van der Waals surface area (Å²) in [5, 5.41) is 2.61. The summed E-state index contributed by atoms with van der Waals surface area (Å²) in [5.41, 5.74) is 6.04. The Morgan fingerprint density at radius 3 is 2.35 bits per heavy atom. The van der Waals surface area contributed by atoms with Crippen molar-refractivity contribution < 1.29 is 9.59 Å². The van der Waals surface area contributed by atoms with Crippen LogP contribution in [0, 0.1) is 5.92 Å². The first-order chi connectivity index (χ1) is 16.4. The maximum Gasteiger partial charge on any atom is 0.251 e. The Hall–Kier alpha value is -3.46. The van der Waals surface area contributed by atoms with E-state index in [1.807, 2.05) is 32.0 Å². The minimum absolute atomic E-state index is 0.0112. The molecular formula is C31H35NO2. The molecule has 1 atom stereocenters. The van der Waals surface area contributed by atoms with Gasteiger partial charge in [0, 0.05) is 24.1 Å². The summed E-state index contributed by atoms with van der Waals surface area (Å²) in [6.45, 7) is 8.49. The van der Waals surface area contributed by atoms with Crippen molar-refractivity contribution in [1.82, 2.24) is 5.32 Å². The largest absolute Gasteiger partial charge is 0.355 e. The van der Waals surface area contributed by atoms with Crippen molar-refractivity contribution >= 4 is 23.3 Å². The van der Waals surface area contributed by atoms with Gasteiger partial charge in [-0.25, -0.2) is 0 Å². The lowest BCUT2D eigenvalue weighted by molar-refractivity contribution is 0.0962. The number of hydrogen-bond donors (Lipinski definition) is 1. The van der Waals surface area contributed by atoms with E-state index in [9.17, 15) is 9.59 Å². The van der Waals surface area contributed by atoms with Gasteiger partial charge in [0.25, 0.3) is 5.91 Å². The highest BCUT2D eigenvalue weighted by molar-refractivity contribution is 6.07. The Balaban J connectivity index is 0.00000158.